The molecule has 1 aliphatic heterocycles. The predicted octanol–water partition coefficient (Wildman–Crippen LogP) is 1.58. The number of rotatable bonds is 7. The average molecular weight is 346 g/mol. The van der Waals surface area contributed by atoms with E-state index in [-0.39, 0.29) is 11.8 Å². The molecule has 0 saturated carbocycles. The maximum absolute atomic E-state index is 12.0. The summed E-state index contributed by atoms with van der Waals surface area (Å²) in [5.74, 6) is 2.84. The molecular formula is C17H26N6O2. The molecule has 1 aliphatic rings. The lowest BCUT2D eigenvalue weighted by atomic mass is 10.1. The zero-order chi connectivity index (χ0) is 17.8. The van der Waals surface area contributed by atoms with Gasteiger partial charge in [0.1, 0.15) is 5.82 Å². The van der Waals surface area contributed by atoms with E-state index in [2.05, 4.69) is 37.4 Å². The van der Waals surface area contributed by atoms with E-state index in [0.717, 1.165) is 31.0 Å². The molecule has 1 amide bonds. The number of hydrogen-bond donors (Lipinski definition) is 2. The molecule has 2 aromatic heterocycles. The van der Waals surface area contributed by atoms with Gasteiger partial charge in [-0.05, 0) is 20.0 Å². The fourth-order valence-corrected chi connectivity index (χ4v) is 2.94. The average Bonchev–Trinajstić information content (AvgIpc) is 3.31. The highest BCUT2D eigenvalue weighted by molar-refractivity contribution is 5.75. The number of carbonyl (C=O) groups excluding carboxylic acids is 1. The number of nitrogens with zero attached hydrogens (tertiary/aromatic N) is 4. The molecule has 3 rings (SSSR count). The first kappa shape index (κ1) is 17.6. The van der Waals surface area contributed by atoms with Gasteiger partial charge in [-0.25, -0.2) is 4.98 Å². The van der Waals surface area contributed by atoms with E-state index < -0.39 is 0 Å². The fourth-order valence-electron chi connectivity index (χ4n) is 2.94. The van der Waals surface area contributed by atoms with Gasteiger partial charge in [-0.3, -0.25) is 4.79 Å². The van der Waals surface area contributed by atoms with Crippen molar-refractivity contribution in [2.45, 2.75) is 51.5 Å². The van der Waals surface area contributed by atoms with Gasteiger partial charge in [0.05, 0.1) is 18.4 Å². The molecule has 0 bridgehead atoms. The van der Waals surface area contributed by atoms with Gasteiger partial charge >= 0.3 is 0 Å². The lowest BCUT2D eigenvalue weighted by Crippen LogP contribution is -2.23. The van der Waals surface area contributed by atoms with E-state index in [4.69, 9.17) is 4.52 Å². The summed E-state index contributed by atoms with van der Waals surface area (Å²) in [7, 11) is 2.12. The monoisotopic (exact) mass is 346 g/mol. The molecule has 1 atom stereocenters. The van der Waals surface area contributed by atoms with Crippen LogP contribution >= 0.6 is 0 Å². The fraction of sp³-hybridized carbons (Fsp3) is 0.647. The molecule has 2 N–H and O–H groups in total. The summed E-state index contributed by atoms with van der Waals surface area (Å²) in [6.07, 6.45) is 3.71. The molecule has 0 radical (unpaired) electrons. The summed E-state index contributed by atoms with van der Waals surface area (Å²) >= 11 is 0. The van der Waals surface area contributed by atoms with Crippen molar-refractivity contribution in [2.75, 3.05) is 20.1 Å². The lowest BCUT2D eigenvalue weighted by molar-refractivity contribution is -0.121. The second kappa shape index (κ2) is 7.77. The first-order valence-corrected chi connectivity index (χ1v) is 8.82. The summed E-state index contributed by atoms with van der Waals surface area (Å²) in [4.78, 5) is 26.4. The first-order valence-electron chi connectivity index (χ1n) is 8.82. The van der Waals surface area contributed by atoms with E-state index in [9.17, 15) is 4.79 Å². The molecule has 1 saturated heterocycles. The molecule has 0 spiro atoms. The minimum Gasteiger partial charge on any atom is -0.350 e. The van der Waals surface area contributed by atoms with Crippen molar-refractivity contribution in [3.05, 3.63) is 29.4 Å². The summed E-state index contributed by atoms with van der Waals surface area (Å²) in [5, 5.41) is 6.80. The molecule has 2 aromatic rings. The number of hydrogen-bond acceptors (Lipinski definition) is 6. The smallest absolute Gasteiger partial charge is 0.227 e. The van der Waals surface area contributed by atoms with Crippen LogP contribution in [0.2, 0.25) is 0 Å². The molecule has 8 nitrogen and oxygen atoms in total. The number of imidazole rings is 1. The largest absolute Gasteiger partial charge is 0.350 e. The Morgan fingerprint density at radius 1 is 1.52 bits per heavy atom. The standard InChI is InChI=1S/C17H26N6O2/c1-11(2)16-21-15(25-22-16)5-4-14(24)18-8-13-9-19-17(20-13)12-6-7-23(3)10-12/h9,11-12H,4-8,10H2,1-3H3,(H,18,24)(H,19,20). The number of aromatic nitrogens is 4. The minimum absolute atomic E-state index is 0.0407. The maximum atomic E-state index is 12.0. The number of aromatic amines is 1. The van der Waals surface area contributed by atoms with Gasteiger partial charge in [0.25, 0.3) is 0 Å². The quantitative estimate of drug-likeness (QED) is 0.789. The number of likely N-dealkylation sites (N-methyl/N-ethyl adjacent to an activating group) is 1. The second-order valence-electron chi connectivity index (χ2n) is 7.02. The van der Waals surface area contributed by atoms with Crippen molar-refractivity contribution in [3.8, 4) is 0 Å². The normalized spacial score (nSPS) is 18.2. The SMILES string of the molecule is CC(C)c1noc(CCC(=O)NCc2cnc(C3CCN(C)C3)[nH]2)n1. The van der Waals surface area contributed by atoms with E-state index in [1.165, 1.54) is 0 Å². The van der Waals surface area contributed by atoms with Crippen LogP contribution in [-0.4, -0.2) is 51.1 Å². The van der Waals surface area contributed by atoms with Crippen LogP contribution in [0.1, 0.15) is 61.8 Å². The molecule has 25 heavy (non-hydrogen) atoms. The lowest BCUT2D eigenvalue weighted by Gasteiger charge is -2.07. The molecule has 0 aliphatic carbocycles. The number of nitrogens with one attached hydrogen (secondary N) is 2. The van der Waals surface area contributed by atoms with Crippen molar-refractivity contribution < 1.29 is 9.32 Å². The highest BCUT2D eigenvalue weighted by Crippen LogP contribution is 2.23. The topological polar surface area (TPSA) is 99.9 Å². The van der Waals surface area contributed by atoms with Crippen LogP contribution in [0.3, 0.4) is 0 Å². The zero-order valence-electron chi connectivity index (χ0n) is 15.1. The second-order valence-corrected chi connectivity index (χ2v) is 7.02. The van der Waals surface area contributed by atoms with E-state index >= 15 is 0 Å². The highest BCUT2D eigenvalue weighted by Gasteiger charge is 2.23. The minimum atomic E-state index is -0.0407. The number of carbonyl (C=O) groups is 1. The van der Waals surface area contributed by atoms with Crippen molar-refractivity contribution in [1.29, 1.82) is 0 Å². The Balaban J connectivity index is 1.42. The van der Waals surface area contributed by atoms with Gasteiger partial charge in [0, 0.05) is 31.2 Å². The molecular weight excluding hydrogens is 320 g/mol. The summed E-state index contributed by atoms with van der Waals surface area (Å²) in [5.41, 5.74) is 0.929. The zero-order valence-corrected chi connectivity index (χ0v) is 15.1. The Kier molecular flexibility index (Phi) is 5.47. The molecule has 8 heteroatoms. The van der Waals surface area contributed by atoms with Crippen LogP contribution < -0.4 is 5.32 Å². The summed E-state index contributed by atoms with van der Waals surface area (Å²) in [6, 6.07) is 0. The number of H-pyrrole nitrogens is 1. The van der Waals surface area contributed by atoms with Gasteiger partial charge in [-0.15, -0.1) is 0 Å². The third-order valence-corrected chi connectivity index (χ3v) is 4.47. The van der Waals surface area contributed by atoms with Crippen LogP contribution in [0.4, 0.5) is 0 Å². The third-order valence-electron chi connectivity index (χ3n) is 4.47. The van der Waals surface area contributed by atoms with Crippen LogP contribution in [-0.2, 0) is 17.8 Å². The Labute approximate surface area is 147 Å². The third kappa shape index (κ3) is 4.66. The van der Waals surface area contributed by atoms with Gasteiger partial charge in [0.15, 0.2) is 5.82 Å². The van der Waals surface area contributed by atoms with Crippen LogP contribution in [0.15, 0.2) is 10.7 Å². The Hall–Kier alpha value is -2.22. The molecule has 0 aromatic carbocycles. The van der Waals surface area contributed by atoms with Crippen LogP contribution in [0.25, 0.3) is 0 Å². The number of aryl methyl sites for hydroxylation is 1. The molecule has 1 fully saturated rings. The number of amides is 1. The Bertz CT molecular complexity index is 708. The van der Waals surface area contributed by atoms with Crippen LogP contribution in [0, 0.1) is 0 Å². The maximum Gasteiger partial charge on any atom is 0.227 e. The van der Waals surface area contributed by atoms with E-state index in [1.54, 1.807) is 6.20 Å². The van der Waals surface area contributed by atoms with Gasteiger partial charge in [-0.2, -0.15) is 4.98 Å². The van der Waals surface area contributed by atoms with Crippen LogP contribution in [0.5, 0.6) is 0 Å². The van der Waals surface area contributed by atoms with Crippen molar-refractivity contribution in [2.24, 2.45) is 0 Å². The van der Waals surface area contributed by atoms with Crippen molar-refractivity contribution in [1.82, 2.24) is 30.3 Å². The first-order chi connectivity index (χ1) is 12.0. The highest BCUT2D eigenvalue weighted by atomic mass is 16.5. The molecule has 136 valence electrons. The Morgan fingerprint density at radius 3 is 3.04 bits per heavy atom. The molecule has 3 heterocycles. The summed E-state index contributed by atoms with van der Waals surface area (Å²) in [6.45, 7) is 6.59. The van der Waals surface area contributed by atoms with Crippen molar-refractivity contribution in [3.63, 3.8) is 0 Å². The predicted molar refractivity (Wildman–Crippen MR) is 92.0 cm³/mol. The Morgan fingerprint density at radius 2 is 2.36 bits per heavy atom. The van der Waals surface area contributed by atoms with Crippen molar-refractivity contribution >= 4 is 5.91 Å². The van der Waals surface area contributed by atoms with E-state index in [0.29, 0.717) is 37.0 Å². The molecule has 1 unspecified atom stereocenters. The van der Waals surface area contributed by atoms with Gasteiger partial charge in [-0.1, -0.05) is 19.0 Å². The van der Waals surface area contributed by atoms with Gasteiger partial charge in [0.2, 0.25) is 11.8 Å². The van der Waals surface area contributed by atoms with E-state index in [1.807, 2.05) is 13.8 Å². The van der Waals surface area contributed by atoms with Gasteiger partial charge < -0.3 is 19.7 Å². The summed E-state index contributed by atoms with van der Waals surface area (Å²) < 4.78 is 5.15. The number of likely N-dealkylation sites (tertiary alicyclic amines) is 1.